The smallest absolute Gasteiger partial charge is 0.225 e. The van der Waals surface area contributed by atoms with E-state index in [4.69, 9.17) is 23.2 Å². The second-order valence-corrected chi connectivity index (χ2v) is 7.24. The number of anilines is 1. The van der Waals surface area contributed by atoms with Crippen LogP contribution >= 0.6 is 23.2 Å². The first-order valence-corrected chi connectivity index (χ1v) is 9.03. The van der Waals surface area contributed by atoms with Crippen LogP contribution in [0, 0.1) is 5.92 Å². The third-order valence-electron chi connectivity index (χ3n) is 4.63. The number of hydrogen-bond donors (Lipinski definition) is 0. The summed E-state index contributed by atoms with van der Waals surface area (Å²) in [5.41, 5.74) is 1.46. The van der Waals surface area contributed by atoms with E-state index in [1.807, 2.05) is 4.90 Å². The van der Waals surface area contributed by atoms with Crippen molar-refractivity contribution in [2.24, 2.45) is 5.92 Å². The molecular formula is C17H18Cl2N4O. The summed E-state index contributed by atoms with van der Waals surface area (Å²) in [6.45, 7) is 3.22. The topological polar surface area (TPSA) is 49.3 Å². The van der Waals surface area contributed by atoms with Crippen molar-refractivity contribution in [1.82, 2.24) is 14.9 Å². The second kappa shape index (κ2) is 6.37. The van der Waals surface area contributed by atoms with Crippen LogP contribution in [0.15, 0.2) is 18.3 Å². The lowest BCUT2D eigenvalue weighted by Gasteiger charge is -2.23. The maximum absolute atomic E-state index is 12.3. The lowest BCUT2D eigenvalue weighted by Crippen LogP contribution is -2.36. The highest BCUT2D eigenvalue weighted by molar-refractivity contribution is 6.42. The second-order valence-electron chi connectivity index (χ2n) is 6.42. The molecule has 0 spiro atoms. The van der Waals surface area contributed by atoms with Gasteiger partial charge in [-0.25, -0.2) is 4.98 Å². The first-order valence-electron chi connectivity index (χ1n) is 8.27. The summed E-state index contributed by atoms with van der Waals surface area (Å²) in [6, 6.07) is 3.48. The highest BCUT2D eigenvalue weighted by Gasteiger charge is 2.34. The molecule has 1 aromatic carbocycles. The number of rotatable bonds is 2. The van der Waals surface area contributed by atoms with E-state index >= 15 is 0 Å². The van der Waals surface area contributed by atoms with Crippen LogP contribution < -0.4 is 4.90 Å². The molecule has 0 radical (unpaired) electrons. The Hall–Kier alpha value is -1.59. The SMILES string of the molecule is O=C(C1CC1)N1CCCN(c2cnc3cc(Cl)c(Cl)cc3n2)CC1. The number of halogens is 2. The number of fused-ring (bicyclic) bond motifs is 1. The number of nitrogens with zero attached hydrogens (tertiary/aromatic N) is 4. The van der Waals surface area contributed by atoms with Crippen LogP contribution in [-0.4, -0.2) is 47.0 Å². The highest BCUT2D eigenvalue weighted by atomic mass is 35.5. The zero-order valence-corrected chi connectivity index (χ0v) is 14.7. The molecule has 5 nitrogen and oxygen atoms in total. The normalized spacial score (nSPS) is 18.8. The molecule has 1 amide bonds. The molecular weight excluding hydrogens is 347 g/mol. The Bertz CT molecular complexity index is 793. The van der Waals surface area contributed by atoms with Gasteiger partial charge in [-0.3, -0.25) is 9.78 Å². The summed E-state index contributed by atoms with van der Waals surface area (Å²) >= 11 is 12.1. The highest BCUT2D eigenvalue weighted by Crippen LogP contribution is 2.31. The van der Waals surface area contributed by atoms with Crippen molar-refractivity contribution in [3.8, 4) is 0 Å². The number of carbonyl (C=O) groups excluding carboxylic acids is 1. The van der Waals surface area contributed by atoms with Gasteiger partial charge in [-0.15, -0.1) is 0 Å². The lowest BCUT2D eigenvalue weighted by atomic mass is 10.3. The van der Waals surface area contributed by atoms with Crippen molar-refractivity contribution in [2.75, 3.05) is 31.1 Å². The standard InChI is InChI=1S/C17H18Cl2N4O/c18-12-8-14-15(9-13(12)19)21-16(10-20-14)22-4-1-5-23(7-6-22)17(24)11-2-3-11/h8-11H,1-7H2. The van der Waals surface area contributed by atoms with Gasteiger partial charge in [0.25, 0.3) is 0 Å². The molecule has 24 heavy (non-hydrogen) atoms. The average molecular weight is 365 g/mol. The van der Waals surface area contributed by atoms with E-state index in [1.165, 1.54) is 0 Å². The van der Waals surface area contributed by atoms with E-state index in [0.29, 0.717) is 16.0 Å². The fourth-order valence-corrected chi connectivity index (χ4v) is 3.42. The van der Waals surface area contributed by atoms with Crippen molar-refractivity contribution >= 4 is 46.0 Å². The van der Waals surface area contributed by atoms with Crippen LogP contribution in [0.1, 0.15) is 19.3 Å². The van der Waals surface area contributed by atoms with Crippen molar-refractivity contribution in [1.29, 1.82) is 0 Å². The zero-order chi connectivity index (χ0) is 16.7. The van der Waals surface area contributed by atoms with Crippen molar-refractivity contribution < 1.29 is 4.79 Å². The average Bonchev–Trinajstić information content (AvgIpc) is 3.41. The van der Waals surface area contributed by atoms with Crippen LogP contribution in [0.2, 0.25) is 10.0 Å². The number of hydrogen-bond acceptors (Lipinski definition) is 4. The van der Waals surface area contributed by atoms with Crippen LogP contribution in [0.25, 0.3) is 11.0 Å². The molecule has 1 aromatic heterocycles. The number of benzene rings is 1. The molecule has 2 heterocycles. The minimum absolute atomic E-state index is 0.281. The summed E-state index contributed by atoms with van der Waals surface area (Å²) in [4.78, 5) is 25.6. The Kier molecular flexibility index (Phi) is 4.22. The molecule has 7 heteroatoms. The van der Waals surface area contributed by atoms with Crippen LogP contribution in [-0.2, 0) is 4.79 Å². The summed E-state index contributed by atoms with van der Waals surface area (Å²) in [6.07, 6.45) is 4.82. The van der Waals surface area contributed by atoms with Crippen LogP contribution in [0.3, 0.4) is 0 Å². The summed E-state index contributed by atoms with van der Waals surface area (Å²) < 4.78 is 0. The molecule has 126 valence electrons. The number of carbonyl (C=O) groups is 1. The van der Waals surface area contributed by atoms with Crippen LogP contribution in [0.5, 0.6) is 0 Å². The molecule has 1 aliphatic heterocycles. The van der Waals surface area contributed by atoms with E-state index in [2.05, 4.69) is 14.9 Å². The minimum Gasteiger partial charge on any atom is -0.353 e. The molecule has 2 aromatic rings. The molecule has 0 N–H and O–H groups in total. The molecule has 4 rings (SSSR count). The first kappa shape index (κ1) is 15.9. The molecule has 2 fully saturated rings. The van der Waals surface area contributed by atoms with Gasteiger partial charge in [0.15, 0.2) is 0 Å². The maximum Gasteiger partial charge on any atom is 0.225 e. The first-order chi connectivity index (χ1) is 11.6. The number of amides is 1. The van der Waals surface area contributed by atoms with Gasteiger partial charge in [0.05, 0.1) is 27.3 Å². The fourth-order valence-electron chi connectivity index (χ4n) is 3.11. The van der Waals surface area contributed by atoms with Crippen molar-refractivity contribution in [2.45, 2.75) is 19.3 Å². The van der Waals surface area contributed by atoms with Gasteiger partial charge in [0, 0.05) is 32.1 Å². The van der Waals surface area contributed by atoms with E-state index in [0.717, 1.165) is 62.3 Å². The molecule has 1 saturated heterocycles. The van der Waals surface area contributed by atoms with E-state index in [9.17, 15) is 4.79 Å². The van der Waals surface area contributed by atoms with Crippen molar-refractivity contribution in [3.05, 3.63) is 28.4 Å². The molecule has 0 unspecified atom stereocenters. The predicted molar refractivity (Wildman–Crippen MR) is 95.7 cm³/mol. The molecule has 0 bridgehead atoms. The largest absolute Gasteiger partial charge is 0.353 e. The lowest BCUT2D eigenvalue weighted by molar-refractivity contribution is -0.132. The van der Waals surface area contributed by atoms with Gasteiger partial charge in [-0.05, 0) is 31.4 Å². The summed E-state index contributed by atoms with van der Waals surface area (Å²) in [5, 5.41) is 0.961. The minimum atomic E-state index is 0.281. The maximum atomic E-state index is 12.3. The Labute approximate surface area is 150 Å². The number of aromatic nitrogens is 2. The Balaban J connectivity index is 1.53. The Morgan fingerprint density at radius 3 is 2.54 bits per heavy atom. The van der Waals surface area contributed by atoms with Gasteiger partial charge in [-0.2, -0.15) is 0 Å². The molecule has 1 aliphatic carbocycles. The Morgan fingerprint density at radius 2 is 1.79 bits per heavy atom. The summed E-state index contributed by atoms with van der Waals surface area (Å²) in [5.74, 6) is 1.42. The molecule has 1 saturated carbocycles. The van der Waals surface area contributed by atoms with Gasteiger partial charge >= 0.3 is 0 Å². The van der Waals surface area contributed by atoms with E-state index in [-0.39, 0.29) is 5.92 Å². The predicted octanol–water partition coefficient (Wildman–Crippen LogP) is 3.39. The zero-order valence-electron chi connectivity index (χ0n) is 13.2. The fraction of sp³-hybridized carbons (Fsp3) is 0.471. The van der Waals surface area contributed by atoms with E-state index < -0.39 is 0 Å². The third kappa shape index (κ3) is 3.15. The monoisotopic (exact) mass is 364 g/mol. The van der Waals surface area contributed by atoms with Gasteiger partial charge < -0.3 is 9.80 Å². The third-order valence-corrected chi connectivity index (χ3v) is 5.35. The molecule has 0 atom stereocenters. The van der Waals surface area contributed by atoms with E-state index in [1.54, 1.807) is 18.3 Å². The quantitative estimate of drug-likeness (QED) is 0.819. The Morgan fingerprint density at radius 1 is 1.04 bits per heavy atom. The molecule has 2 aliphatic rings. The van der Waals surface area contributed by atoms with Gasteiger partial charge in [0.2, 0.25) is 5.91 Å². The van der Waals surface area contributed by atoms with Gasteiger partial charge in [-0.1, -0.05) is 23.2 Å². The van der Waals surface area contributed by atoms with Gasteiger partial charge in [0.1, 0.15) is 5.82 Å². The van der Waals surface area contributed by atoms with Crippen molar-refractivity contribution in [3.63, 3.8) is 0 Å². The van der Waals surface area contributed by atoms with Crippen LogP contribution in [0.4, 0.5) is 5.82 Å². The summed E-state index contributed by atoms with van der Waals surface area (Å²) in [7, 11) is 0.